The van der Waals surface area contributed by atoms with Crippen molar-refractivity contribution in [1.82, 2.24) is 4.72 Å². The number of hydrogen-bond donors (Lipinski definition) is 2. The van der Waals surface area contributed by atoms with Crippen LogP contribution in [-0.2, 0) is 16.6 Å². The van der Waals surface area contributed by atoms with Crippen LogP contribution in [0.3, 0.4) is 0 Å². The first-order valence-electron chi connectivity index (χ1n) is 6.57. The van der Waals surface area contributed by atoms with Gasteiger partial charge in [0.25, 0.3) is 0 Å². The molecule has 2 N–H and O–H groups in total. The third-order valence-corrected chi connectivity index (χ3v) is 5.49. The van der Waals surface area contributed by atoms with Gasteiger partial charge in [-0.2, -0.15) is 0 Å². The van der Waals surface area contributed by atoms with E-state index in [1.54, 1.807) is 13.0 Å². The smallest absolute Gasteiger partial charge is 0.241 e. The fraction of sp³-hybridized carbons (Fsp3) is 0.571. The molecule has 1 fully saturated rings. The van der Waals surface area contributed by atoms with Gasteiger partial charge in [-0.25, -0.2) is 13.1 Å². The van der Waals surface area contributed by atoms with Crippen LogP contribution in [-0.4, -0.2) is 19.6 Å². The molecule has 2 rings (SSSR count). The molecule has 19 heavy (non-hydrogen) atoms. The fourth-order valence-corrected chi connectivity index (χ4v) is 4.18. The third kappa shape index (κ3) is 2.99. The first kappa shape index (κ1) is 14.5. The van der Waals surface area contributed by atoms with E-state index < -0.39 is 10.0 Å². The lowest BCUT2D eigenvalue weighted by Crippen LogP contribution is -2.43. The van der Waals surface area contributed by atoms with Crippen LogP contribution >= 0.6 is 0 Å². The van der Waals surface area contributed by atoms with Gasteiger partial charge in [-0.15, -0.1) is 0 Å². The maximum absolute atomic E-state index is 12.4. The SMILES string of the molecule is Cc1cc(CO)cc(S(=O)(=O)NC2CC(C)C2)c1C. The molecule has 1 aromatic carbocycles. The molecule has 1 aliphatic carbocycles. The number of hydrogen-bond acceptors (Lipinski definition) is 3. The van der Waals surface area contributed by atoms with Gasteiger partial charge in [0.2, 0.25) is 10.0 Å². The molecule has 0 heterocycles. The van der Waals surface area contributed by atoms with Crippen LogP contribution < -0.4 is 4.72 Å². The van der Waals surface area contributed by atoms with Crippen LogP contribution in [0.1, 0.15) is 36.5 Å². The van der Waals surface area contributed by atoms with Crippen molar-refractivity contribution in [2.24, 2.45) is 5.92 Å². The molecule has 0 unspecified atom stereocenters. The molecule has 0 aliphatic heterocycles. The summed E-state index contributed by atoms with van der Waals surface area (Å²) in [6.45, 7) is 5.63. The van der Waals surface area contributed by atoms with E-state index in [2.05, 4.69) is 11.6 Å². The molecule has 0 aromatic heterocycles. The van der Waals surface area contributed by atoms with Gasteiger partial charge in [0, 0.05) is 6.04 Å². The standard InChI is InChI=1S/C14H21NO3S/c1-9-4-13(5-9)15-19(17,18)14-7-12(8-16)6-10(2)11(14)3/h6-7,9,13,15-16H,4-5,8H2,1-3H3. The Morgan fingerprint density at radius 3 is 2.47 bits per heavy atom. The van der Waals surface area contributed by atoms with Crippen LogP contribution in [0.4, 0.5) is 0 Å². The van der Waals surface area contributed by atoms with Crippen LogP contribution in [0.5, 0.6) is 0 Å². The van der Waals surface area contributed by atoms with E-state index in [1.165, 1.54) is 0 Å². The molecule has 0 amide bonds. The summed E-state index contributed by atoms with van der Waals surface area (Å²) in [5, 5.41) is 9.20. The lowest BCUT2D eigenvalue weighted by atomic mass is 9.83. The van der Waals surface area contributed by atoms with Crippen LogP contribution in [0.15, 0.2) is 17.0 Å². The van der Waals surface area contributed by atoms with E-state index >= 15 is 0 Å². The van der Waals surface area contributed by atoms with Gasteiger partial charge in [-0.1, -0.05) is 13.0 Å². The Labute approximate surface area is 114 Å². The zero-order valence-electron chi connectivity index (χ0n) is 11.6. The van der Waals surface area contributed by atoms with Gasteiger partial charge < -0.3 is 5.11 Å². The quantitative estimate of drug-likeness (QED) is 0.886. The lowest BCUT2D eigenvalue weighted by Gasteiger charge is -2.33. The number of sulfonamides is 1. The molecule has 0 bridgehead atoms. The average molecular weight is 283 g/mol. The predicted octanol–water partition coefficient (Wildman–Crippen LogP) is 1.87. The minimum atomic E-state index is -3.49. The highest BCUT2D eigenvalue weighted by molar-refractivity contribution is 7.89. The molecule has 1 aliphatic rings. The number of benzene rings is 1. The maximum Gasteiger partial charge on any atom is 0.241 e. The topological polar surface area (TPSA) is 66.4 Å². The summed E-state index contributed by atoms with van der Waals surface area (Å²) in [7, 11) is -3.49. The van der Waals surface area contributed by atoms with Gasteiger partial charge in [-0.3, -0.25) is 0 Å². The summed E-state index contributed by atoms with van der Waals surface area (Å²) in [5.41, 5.74) is 2.26. The molecule has 1 saturated carbocycles. The van der Waals surface area contributed by atoms with Crippen molar-refractivity contribution in [3.05, 3.63) is 28.8 Å². The van der Waals surface area contributed by atoms with Crippen molar-refractivity contribution in [1.29, 1.82) is 0 Å². The number of nitrogens with one attached hydrogen (secondary N) is 1. The highest BCUT2D eigenvalue weighted by Crippen LogP contribution is 2.29. The van der Waals surface area contributed by atoms with E-state index in [0.717, 1.165) is 24.0 Å². The number of aliphatic hydroxyl groups is 1. The van der Waals surface area contributed by atoms with Crippen molar-refractivity contribution in [3.8, 4) is 0 Å². The number of rotatable bonds is 4. The van der Waals surface area contributed by atoms with Crippen LogP contribution in [0, 0.1) is 19.8 Å². The molecule has 0 radical (unpaired) electrons. The van der Waals surface area contributed by atoms with Crippen LogP contribution in [0.25, 0.3) is 0 Å². The van der Waals surface area contributed by atoms with Crippen molar-refractivity contribution >= 4 is 10.0 Å². The summed E-state index contributed by atoms with van der Waals surface area (Å²) >= 11 is 0. The highest BCUT2D eigenvalue weighted by Gasteiger charge is 2.30. The highest BCUT2D eigenvalue weighted by atomic mass is 32.2. The lowest BCUT2D eigenvalue weighted by molar-refractivity contribution is 0.270. The Kier molecular flexibility index (Phi) is 3.99. The third-order valence-electron chi connectivity index (χ3n) is 3.85. The van der Waals surface area contributed by atoms with Gasteiger partial charge >= 0.3 is 0 Å². The zero-order valence-corrected chi connectivity index (χ0v) is 12.4. The van der Waals surface area contributed by atoms with Crippen LogP contribution in [0.2, 0.25) is 0 Å². The van der Waals surface area contributed by atoms with E-state index in [-0.39, 0.29) is 17.5 Å². The molecule has 0 saturated heterocycles. The first-order chi connectivity index (χ1) is 8.83. The fourth-order valence-electron chi connectivity index (χ4n) is 2.55. The van der Waals surface area contributed by atoms with Crippen molar-refractivity contribution in [3.63, 3.8) is 0 Å². The Bertz CT molecular complexity index is 575. The molecule has 5 heteroatoms. The molecule has 0 spiro atoms. The molecule has 1 aromatic rings. The van der Waals surface area contributed by atoms with E-state index in [4.69, 9.17) is 0 Å². The molecule has 106 valence electrons. The normalized spacial score (nSPS) is 23.2. The minimum absolute atomic E-state index is 0.0532. The molecule has 4 nitrogen and oxygen atoms in total. The molecular weight excluding hydrogens is 262 g/mol. The second-order valence-electron chi connectivity index (χ2n) is 5.59. The van der Waals surface area contributed by atoms with Crippen molar-refractivity contribution < 1.29 is 13.5 Å². The monoisotopic (exact) mass is 283 g/mol. The van der Waals surface area contributed by atoms with E-state index in [1.807, 2.05) is 13.0 Å². The molecule has 0 atom stereocenters. The zero-order chi connectivity index (χ0) is 14.2. The first-order valence-corrected chi connectivity index (χ1v) is 8.05. The van der Waals surface area contributed by atoms with E-state index in [0.29, 0.717) is 11.5 Å². The van der Waals surface area contributed by atoms with Gasteiger partial charge in [-0.05, 0) is 55.4 Å². The van der Waals surface area contributed by atoms with Crippen molar-refractivity contribution in [2.45, 2.75) is 51.2 Å². The predicted molar refractivity (Wildman–Crippen MR) is 74.3 cm³/mol. The summed E-state index contributed by atoms with van der Waals surface area (Å²) in [6.07, 6.45) is 1.80. The van der Waals surface area contributed by atoms with Crippen molar-refractivity contribution in [2.75, 3.05) is 0 Å². The maximum atomic E-state index is 12.4. The average Bonchev–Trinajstić information content (AvgIpc) is 2.30. The Morgan fingerprint density at radius 1 is 1.32 bits per heavy atom. The second kappa shape index (κ2) is 5.23. The number of aryl methyl sites for hydroxylation is 1. The summed E-state index contributed by atoms with van der Waals surface area (Å²) < 4.78 is 27.5. The Balaban J connectivity index is 2.31. The van der Waals surface area contributed by atoms with Gasteiger partial charge in [0.15, 0.2) is 0 Å². The molecular formula is C14H21NO3S. The minimum Gasteiger partial charge on any atom is -0.392 e. The summed E-state index contributed by atoms with van der Waals surface area (Å²) in [4.78, 5) is 0.288. The van der Waals surface area contributed by atoms with Gasteiger partial charge in [0.05, 0.1) is 11.5 Å². The Hall–Kier alpha value is -0.910. The number of aliphatic hydroxyl groups excluding tert-OH is 1. The second-order valence-corrected chi connectivity index (χ2v) is 7.27. The van der Waals surface area contributed by atoms with E-state index in [9.17, 15) is 13.5 Å². The summed E-state index contributed by atoms with van der Waals surface area (Å²) in [6, 6.07) is 3.43. The largest absolute Gasteiger partial charge is 0.392 e. The summed E-state index contributed by atoms with van der Waals surface area (Å²) in [5.74, 6) is 0.597. The van der Waals surface area contributed by atoms with Gasteiger partial charge in [0.1, 0.15) is 0 Å². The Morgan fingerprint density at radius 2 is 1.95 bits per heavy atom.